The van der Waals surface area contributed by atoms with E-state index in [2.05, 4.69) is 53.3 Å². The summed E-state index contributed by atoms with van der Waals surface area (Å²) >= 11 is 1.72. The number of rotatable bonds is 3. The molecule has 0 unspecified atom stereocenters. The van der Waals surface area contributed by atoms with E-state index >= 15 is 0 Å². The van der Waals surface area contributed by atoms with Gasteiger partial charge in [0.1, 0.15) is 5.75 Å². The van der Waals surface area contributed by atoms with Gasteiger partial charge in [0.25, 0.3) is 0 Å². The van der Waals surface area contributed by atoms with Gasteiger partial charge in [-0.05, 0) is 83.9 Å². The fraction of sp³-hybridized carbons (Fsp3) is 0.273. The fourth-order valence-corrected chi connectivity index (χ4v) is 3.62. The monoisotopic (exact) mass is 351 g/mol. The van der Waals surface area contributed by atoms with E-state index in [4.69, 9.17) is 0 Å². The summed E-state index contributed by atoms with van der Waals surface area (Å²) in [7, 11) is 0. The van der Waals surface area contributed by atoms with E-state index < -0.39 is 0 Å². The van der Waals surface area contributed by atoms with Gasteiger partial charge in [0, 0.05) is 6.04 Å². The number of hydrogen-bond donors (Lipinski definition) is 2. The normalized spacial score (nSPS) is 16.3. The topological polar surface area (TPSA) is 32.3 Å². The van der Waals surface area contributed by atoms with Crippen LogP contribution in [0.2, 0.25) is 0 Å². The second-order valence-corrected chi connectivity index (χ2v) is 7.33. The summed E-state index contributed by atoms with van der Waals surface area (Å²) in [5.74, 6) is 0.316. The lowest BCUT2D eigenvalue weighted by Gasteiger charge is -2.04. The van der Waals surface area contributed by atoms with E-state index in [0.717, 1.165) is 12.5 Å². The molecule has 0 amide bonds. The van der Waals surface area contributed by atoms with Crippen molar-refractivity contribution >= 4 is 11.3 Å². The third kappa shape index (κ3) is 5.45. The van der Waals surface area contributed by atoms with E-state index in [1.807, 2.05) is 12.1 Å². The largest absolute Gasteiger partial charge is 0.508 e. The van der Waals surface area contributed by atoms with Gasteiger partial charge >= 0.3 is 0 Å². The quantitative estimate of drug-likeness (QED) is 0.656. The molecule has 2 nitrogen and oxygen atoms in total. The minimum absolute atomic E-state index is 0.316. The van der Waals surface area contributed by atoms with Gasteiger partial charge in [0.15, 0.2) is 0 Å². The zero-order chi connectivity index (χ0) is 17.5. The summed E-state index contributed by atoms with van der Waals surface area (Å²) in [6, 6.07) is 19.0. The van der Waals surface area contributed by atoms with Crippen LogP contribution in [0, 0.1) is 0 Å². The number of nitrogens with one attached hydrogen (secondary N) is 1. The number of aromatic hydroxyl groups is 1. The molecular weight excluding hydrogens is 326 g/mol. The first-order chi connectivity index (χ1) is 12.2. The highest BCUT2D eigenvalue weighted by molar-refractivity contribution is 7.08. The van der Waals surface area contributed by atoms with Crippen molar-refractivity contribution in [1.29, 1.82) is 0 Å². The Balaban J connectivity index is 0.000000258. The van der Waals surface area contributed by atoms with Crippen LogP contribution in [-0.4, -0.2) is 17.7 Å². The minimum atomic E-state index is 0.316. The van der Waals surface area contributed by atoms with Gasteiger partial charge < -0.3 is 10.4 Å². The molecule has 3 heteroatoms. The zero-order valence-electron chi connectivity index (χ0n) is 14.6. The molecule has 3 aromatic rings. The third-order valence-corrected chi connectivity index (χ3v) is 5.14. The predicted molar refractivity (Wildman–Crippen MR) is 107 cm³/mol. The Bertz CT molecular complexity index is 742. The van der Waals surface area contributed by atoms with Crippen molar-refractivity contribution in [3.05, 3.63) is 76.5 Å². The van der Waals surface area contributed by atoms with Crippen molar-refractivity contribution in [3.63, 3.8) is 0 Å². The van der Waals surface area contributed by atoms with Crippen molar-refractivity contribution in [1.82, 2.24) is 5.32 Å². The second kappa shape index (κ2) is 8.84. The Morgan fingerprint density at radius 1 is 0.960 bits per heavy atom. The van der Waals surface area contributed by atoms with Crippen LogP contribution in [0.25, 0.3) is 11.1 Å². The number of hydrogen-bond acceptors (Lipinski definition) is 3. The number of benzene rings is 2. The Morgan fingerprint density at radius 3 is 2.12 bits per heavy atom. The lowest BCUT2D eigenvalue weighted by Crippen LogP contribution is -2.16. The molecule has 1 saturated heterocycles. The van der Waals surface area contributed by atoms with E-state index in [1.165, 1.54) is 41.6 Å². The first-order valence-corrected chi connectivity index (χ1v) is 9.78. The van der Waals surface area contributed by atoms with E-state index in [-0.39, 0.29) is 0 Å². The molecule has 25 heavy (non-hydrogen) atoms. The Kier molecular flexibility index (Phi) is 6.26. The molecule has 4 rings (SSSR count). The molecule has 0 aliphatic carbocycles. The molecule has 1 aliphatic heterocycles. The van der Waals surface area contributed by atoms with Gasteiger partial charge in [0.05, 0.1) is 0 Å². The first-order valence-electron chi connectivity index (χ1n) is 8.83. The molecule has 2 aromatic carbocycles. The Morgan fingerprint density at radius 2 is 1.64 bits per heavy atom. The Labute approximate surface area is 154 Å². The smallest absolute Gasteiger partial charge is 0.115 e. The summed E-state index contributed by atoms with van der Waals surface area (Å²) in [5, 5.41) is 16.8. The molecule has 2 heterocycles. The van der Waals surface area contributed by atoms with E-state index in [1.54, 1.807) is 23.5 Å². The van der Waals surface area contributed by atoms with Crippen molar-refractivity contribution in [2.75, 3.05) is 6.54 Å². The molecule has 0 radical (unpaired) electrons. The molecular formula is C22H25NOS. The number of phenolic OH excluding ortho intramolecular Hbond substituents is 1. The van der Waals surface area contributed by atoms with Gasteiger partial charge in [-0.3, -0.25) is 0 Å². The first kappa shape index (κ1) is 17.7. The van der Waals surface area contributed by atoms with Crippen LogP contribution in [0.15, 0.2) is 65.4 Å². The van der Waals surface area contributed by atoms with E-state index in [9.17, 15) is 5.11 Å². The van der Waals surface area contributed by atoms with Crippen molar-refractivity contribution in [2.45, 2.75) is 32.2 Å². The van der Waals surface area contributed by atoms with Crippen LogP contribution in [0.4, 0.5) is 0 Å². The summed E-state index contributed by atoms with van der Waals surface area (Å²) < 4.78 is 0. The lowest BCUT2D eigenvalue weighted by molar-refractivity contribution is 0.475. The highest BCUT2D eigenvalue weighted by Crippen LogP contribution is 2.23. The Hall–Kier alpha value is -2.10. The summed E-state index contributed by atoms with van der Waals surface area (Å²) in [5.41, 5.74) is 5.03. The summed E-state index contributed by atoms with van der Waals surface area (Å²) in [4.78, 5) is 0. The second-order valence-electron chi connectivity index (χ2n) is 6.55. The summed E-state index contributed by atoms with van der Waals surface area (Å²) in [6.45, 7) is 3.47. The maximum absolute atomic E-state index is 9.27. The van der Waals surface area contributed by atoms with Crippen LogP contribution in [0.3, 0.4) is 0 Å². The maximum atomic E-state index is 9.27. The molecule has 130 valence electrons. The van der Waals surface area contributed by atoms with Crippen LogP contribution in [0.1, 0.15) is 30.9 Å². The van der Waals surface area contributed by atoms with Gasteiger partial charge in [-0.15, -0.1) is 0 Å². The number of thiophene rings is 1. The molecule has 0 spiro atoms. The molecule has 1 fully saturated rings. The van der Waals surface area contributed by atoms with Crippen LogP contribution in [-0.2, 0) is 6.42 Å². The van der Waals surface area contributed by atoms with Gasteiger partial charge in [-0.1, -0.05) is 36.4 Å². The number of phenols is 1. The average Bonchev–Trinajstić information content (AvgIpc) is 3.32. The molecule has 1 atom stereocenters. The average molecular weight is 352 g/mol. The van der Waals surface area contributed by atoms with E-state index in [0.29, 0.717) is 5.75 Å². The van der Waals surface area contributed by atoms with Crippen molar-refractivity contribution < 1.29 is 5.11 Å². The van der Waals surface area contributed by atoms with Gasteiger partial charge in [0.2, 0.25) is 0 Å². The van der Waals surface area contributed by atoms with Crippen LogP contribution in [0.5, 0.6) is 5.75 Å². The van der Waals surface area contributed by atoms with Gasteiger partial charge in [-0.2, -0.15) is 11.3 Å². The van der Waals surface area contributed by atoms with Gasteiger partial charge in [-0.25, -0.2) is 0 Å². The molecule has 1 aromatic heterocycles. The highest BCUT2D eigenvalue weighted by atomic mass is 32.1. The van der Waals surface area contributed by atoms with Crippen molar-refractivity contribution in [2.24, 2.45) is 0 Å². The van der Waals surface area contributed by atoms with Crippen molar-refractivity contribution in [3.8, 4) is 16.9 Å². The molecule has 2 N–H and O–H groups in total. The SMILES string of the molecule is C[C@H]1CCCN1.Oc1ccc(Cc2ccc(-c3ccsc3)cc2)cc1. The molecule has 0 saturated carbocycles. The third-order valence-electron chi connectivity index (χ3n) is 4.46. The zero-order valence-corrected chi connectivity index (χ0v) is 15.4. The van der Waals surface area contributed by atoms with Crippen LogP contribution < -0.4 is 5.32 Å². The minimum Gasteiger partial charge on any atom is -0.508 e. The maximum Gasteiger partial charge on any atom is 0.115 e. The fourth-order valence-electron chi connectivity index (χ4n) is 2.95. The lowest BCUT2D eigenvalue weighted by atomic mass is 10.0. The van der Waals surface area contributed by atoms with Crippen LogP contribution >= 0.6 is 11.3 Å². The molecule has 0 bridgehead atoms. The highest BCUT2D eigenvalue weighted by Gasteiger charge is 2.05. The molecule has 1 aliphatic rings. The summed E-state index contributed by atoms with van der Waals surface area (Å²) in [6.07, 6.45) is 3.64. The predicted octanol–water partition coefficient (Wildman–Crippen LogP) is 5.47. The standard InChI is InChI=1S/C17H14OS.C5H11N/c18-17-7-3-14(4-8-17)11-13-1-5-15(6-2-13)16-9-10-19-12-16;1-5-3-2-4-6-5/h1-10,12,18H,11H2;5-6H,2-4H2,1H3/t;5-/m.0/s1.